The standard InChI is InChI=1S/C21H24N4O3/c22-7-9-28-19-5-3-15(4-6-19)21(27)25-12-16(20(26)14-25)10-17-13-24-8-1-2-18(24)11-23-17/h1-6,8,11,13,16,20,26H,7,9-10,12,14,22H2/t16-,20+/m1/s1. The van der Waals surface area contributed by atoms with E-state index in [0.29, 0.717) is 44.0 Å². The summed E-state index contributed by atoms with van der Waals surface area (Å²) >= 11 is 0. The minimum atomic E-state index is -0.557. The minimum absolute atomic E-state index is 0.0309. The number of aliphatic hydroxyl groups is 1. The molecule has 1 fully saturated rings. The number of likely N-dealkylation sites (tertiary alicyclic amines) is 1. The van der Waals surface area contributed by atoms with Crippen molar-refractivity contribution in [1.82, 2.24) is 14.3 Å². The Labute approximate surface area is 163 Å². The average molecular weight is 380 g/mol. The molecule has 0 bridgehead atoms. The van der Waals surface area contributed by atoms with Crippen LogP contribution in [0.1, 0.15) is 16.1 Å². The molecule has 3 heterocycles. The number of nitrogens with two attached hydrogens (primary N) is 1. The first-order valence-corrected chi connectivity index (χ1v) is 9.46. The molecule has 0 spiro atoms. The van der Waals surface area contributed by atoms with Crippen molar-refractivity contribution in [2.45, 2.75) is 12.5 Å². The Morgan fingerprint density at radius 3 is 2.86 bits per heavy atom. The van der Waals surface area contributed by atoms with Gasteiger partial charge in [-0.25, -0.2) is 0 Å². The molecule has 7 nitrogen and oxygen atoms in total. The summed E-state index contributed by atoms with van der Waals surface area (Å²) in [6, 6.07) is 11.0. The van der Waals surface area contributed by atoms with E-state index in [1.54, 1.807) is 29.2 Å². The molecule has 0 unspecified atom stereocenters. The van der Waals surface area contributed by atoms with Crippen LogP contribution in [0.3, 0.4) is 0 Å². The Balaban J connectivity index is 1.40. The highest BCUT2D eigenvalue weighted by atomic mass is 16.5. The van der Waals surface area contributed by atoms with Crippen LogP contribution in [0.25, 0.3) is 5.52 Å². The molecule has 3 aromatic rings. The number of ether oxygens (including phenoxy) is 1. The van der Waals surface area contributed by atoms with Gasteiger partial charge in [-0.15, -0.1) is 0 Å². The van der Waals surface area contributed by atoms with Crippen molar-refractivity contribution in [3.8, 4) is 5.75 Å². The number of aromatic nitrogens is 2. The van der Waals surface area contributed by atoms with Crippen molar-refractivity contribution < 1.29 is 14.6 Å². The molecule has 1 aliphatic heterocycles. The van der Waals surface area contributed by atoms with Crippen molar-refractivity contribution >= 4 is 11.4 Å². The third-order valence-electron chi connectivity index (χ3n) is 5.12. The molecule has 2 aromatic heterocycles. The van der Waals surface area contributed by atoms with Crippen molar-refractivity contribution in [2.75, 3.05) is 26.2 Å². The number of nitrogens with zero attached hydrogens (tertiary/aromatic N) is 3. The molecule has 0 radical (unpaired) electrons. The number of hydrogen-bond donors (Lipinski definition) is 2. The van der Waals surface area contributed by atoms with Crippen molar-refractivity contribution in [3.63, 3.8) is 0 Å². The van der Waals surface area contributed by atoms with Crippen LogP contribution in [-0.2, 0) is 6.42 Å². The third-order valence-corrected chi connectivity index (χ3v) is 5.12. The maximum Gasteiger partial charge on any atom is 0.253 e. The number of amides is 1. The van der Waals surface area contributed by atoms with Gasteiger partial charge in [0.15, 0.2) is 0 Å². The second kappa shape index (κ2) is 8.00. The maximum absolute atomic E-state index is 12.8. The molecule has 1 amide bonds. The van der Waals surface area contributed by atoms with Crippen molar-refractivity contribution in [3.05, 3.63) is 66.2 Å². The van der Waals surface area contributed by atoms with Gasteiger partial charge in [0.2, 0.25) is 0 Å². The number of carbonyl (C=O) groups excluding carboxylic acids is 1. The number of carbonyl (C=O) groups is 1. The molecule has 3 N–H and O–H groups in total. The van der Waals surface area contributed by atoms with Crippen molar-refractivity contribution in [2.24, 2.45) is 11.7 Å². The van der Waals surface area contributed by atoms with E-state index < -0.39 is 6.10 Å². The number of aliphatic hydroxyl groups excluding tert-OH is 1. The van der Waals surface area contributed by atoms with Crippen molar-refractivity contribution in [1.29, 1.82) is 0 Å². The number of fused-ring (bicyclic) bond motifs is 1. The summed E-state index contributed by atoms with van der Waals surface area (Å²) in [6.07, 6.45) is 5.85. The zero-order chi connectivity index (χ0) is 19.5. The molecule has 0 aliphatic carbocycles. The Bertz CT molecular complexity index is 954. The second-order valence-corrected chi connectivity index (χ2v) is 7.12. The first-order valence-electron chi connectivity index (χ1n) is 9.46. The van der Waals surface area contributed by atoms with Gasteiger partial charge in [-0.2, -0.15) is 0 Å². The summed E-state index contributed by atoms with van der Waals surface area (Å²) in [5.74, 6) is 0.574. The zero-order valence-corrected chi connectivity index (χ0v) is 15.6. The SMILES string of the molecule is NCCOc1ccc(C(=O)N2C[C@@H](Cc3cn4cccc4cn3)[C@@H](O)C2)cc1. The molecule has 2 atom stereocenters. The largest absolute Gasteiger partial charge is 0.492 e. The lowest BCUT2D eigenvalue weighted by Gasteiger charge is -2.16. The highest BCUT2D eigenvalue weighted by Gasteiger charge is 2.34. The lowest BCUT2D eigenvalue weighted by atomic mass is 10.0. The van der Waals surface area contributed by atoms with Crippen LogP contribution >= 0.6 is 0 Å². The fraction of sp³-hybridized carbons (Fsp3) is 0.333. The summed E-state index contributed by atoms with van der Waals surface area (Å²) in [5, 5.41) is 10.5. The summed E-state index contributed by atoms with van der Waals surface area (Å²) in [7, 11) is 0. The highest BCUT2D eigenvalue weighted by Crippen LogP contribution is 2.23. The van der Waals surface area contributed by atoms with E-state index in [0.717, 1.165) is 11.2 Å². The Morgan fingerprint density at radius 2 is 2.07 bits per heavy atom. The van der Waals surface area contributed by atoms with Gasteiger partial charge in [-0.3, -0.25) is 9.78 Å². The first-order chi connectivity index (χ1) is 13.6. The molecular weight excluding hydrogens is 356 g/mol. The first kappa shape index (κ1) is 18.5. The van der Waals surface area contributed by atoms with E-state index in [9.17, 15) is 9.90 Å². The number of β-amino-alcohol motifs (C(OH)–C–C–N with tert-alkyl or cyclic N) is 1. The molecule has 7 heteroatoms. The van der Waals surface area contributed by atoms with E-state index >= 15 is 0 Å². The van der Waals surface area contributed by atoms with E-state index in [1.807, 2.05) is 35.1 Å². The molecule has 1 aromatic carbocycles. The monoisotopic (exact) mass is 380 g/mol. The van der Waals surface area contributed by atoms with Crippen LogP contribution in [0.4, 0.5) is 0 Å². The van der Waals surface area contributed by atoms with Gasteiger partial charge in [0, 0.05) is 43.5 Å². The van der Waals surface area contributed by atoms with E-state index in [4.69, 9.17) is 10.5 Å². The summed E-state index contributed by atoms with van der Waals surface area (Å²) in [4.78, 5) is 19.0. The maximum atomic E-state index is 12.8. The predicted octanol–water partition coefficient (Wildman–Crippen LogP) is 1.35. The number of hydrogen-bond acceptors (Lipinski definition) is 5. The normalized spacial score (nSPS) is 19.3. The van der Waals surface area contributed by atoms with Crippen LogP contribution in [0.15, 0.2) is 55.0 Å². The van der Waals surface area contributed by atoms with Gasteiger partial charge in [0.1, 0.15) is 12.4 Å². The van der Waals surface area contributed by atoms with Gasteiger partial charge in [0.05, 0.1) is 23.5 Å². The molecule has 28 heavy (non-hydrogen) atoms. The molecule has 0 saturated carbocycles. The fourth-order valence-corrected chi connectivity index (χ4v) is 3.62. The van der Waals surface area contributed by atoms with Crippen LogP contribution in [0, 0.1) is 5.92 Å². The van der Waals surface area contributed by atoms with Gasteiger partial charge < -0.3 is 24.9 Å². The zero-order valence-electron chi connectivity index (χ0n) is 15.6. The molecule has 1 saturated heterocycles. The highest BCUT2D eigenvalue weighted by molar-refractivity contribution is 5.94. The summed E-state index contributed by atoms with van der Waals surface area (Å²) < 4.78 is 7.46. The quantitative estimate of drug-likeness (QED) is 0.673. The Kier molecular flexibility index (Phi) is 5.27. The lowest BCUT2D eigenvalue weighted by molar-refractivity contribution is 0.0764. The molecule has 1 aliphatic rings. The number of benzene rings is 1. The van der Waals surface area contributed by atoms with Gasteiger partial charge in [0.25, 0.3) is 5.91 Å². The van der Waals surface area contributed by atoms with E-state index in [2.05, 4.69) is 4.98 Å². The van der Waals surface area contributed by atoms with E-state index in [1.165, 1.54) is 0 Å². The van der Waals surface area contributed by atoms with Crippen LogP contribution < -0.4 is 10.5 Å². The van der Waals surface area contributed by atoms with Crippen LogP contribution in [-0.4, -0.2) is 57.6 Å². The van der Waals surface area contributed by atoms with Gasteiger partial charge in [-0.05, 0) is 42.8 Å². The third kappa shape index (κ3) is 3.85. The predicted molar refractivity (Wildman–Crippen MR) is 105 cm³/mol. The minimum Gasteiger partial charge on any atom is -0.492 e. The smallest absolute Gasteiger partial charge is 0.253 e. The van der Waals surface area contributed by atoms with Gasteiger partial charge in [-0.1, -0.05) is 0 Å². The van der Waals surface area contributed by atoms with Crippen LogP contribution in [0.5, 0.6) is 5.75 Å². The lowest BCUT2D eigenvalue weighted by Crippen LogP contribution is -2.29. The Morgan fingerprint density at radius 1 is 1.25 bits per heavy atom. The van der Waals surface area contributed by atoms with E-state index in [-0.39, 0.29) is 11.8 Å². The van der Waals surface area contributed by atoms with Crippen LogP contribution in [0.2, 0.25) is 0 Å². The Hall–Kier alpha value is -2.90. The van der Waals surface area contributed by atoms with Gasteiger partial charge >= 0.3 is 0 Å². The number of rotatable bonds is 6. The molecule has 146 valence electrons. The topological polar surface area (TPSA) is 93.1 Å². The molecular formula is C21H24N4O3. The summed E-state index contributed by atoms with van der Waals surface area (Å²) in [6.45, 7) is 1.73. The average Bonchev–Trinajstić information content (AvgIpc) is 3.32. The second-order valence-electron chi connectivity index (χ2n) is 7.12. The fourth-order valence-electron chi connectivity index (χ4n) is 3.62. The molecule has 4 rings (SSSR count). The summed E-state index contributed by atoms with van der Waals surface area (Å²) in [5.41, 5.74) is 7.95.